The Morgan fingerprint density at radius 3 is 2.41 bits per heavy atom. The van der Waals surface area contributed by atoms with Crippen LogP contribution in [0.1, 0.15) is 10.4 Å². The van der Waals surface area contributed by atoms with Gasteiger partial charge in [-0.05, 0) is 42.5 Å². The maximum atomic E-state index is 12.3. The summed E-state index contributed by atoms with van der Waals surface area (Å²) in [5.41, 5.74) is 0.0468. The van der Waals surface area contributed by atoms with Crippen molar-refractivity contribution in [2.75, 3.05) is 0 Å². The van der Waals surface area contributed by atoms with Gasteiger partial charge in [-0.25, -0.2) is 4.79 Å². The molecule has 0 radical (unpaired) electrons. The molecule has 2 aromatic carbocycles. The average molecular weight is 361 g/mol. The molecule has 0 amide bonds. The van der Waals surface area contributed by atoms with Crippen LogP contribution >= 0.6 is 15.9 Å². The fourth-order valence-corrected chi connectivity index (χ4v) is 2.38. The van der Waals surface area contributed by atoms with E-state index in [1.807, 2.05) is 0 Å². The number of rotatable bonds is 2. The molecule has 6 heteroatoms. The van der Waals surface area contributed by atoms with Gasteiger partial charge in [0.15, 0.2) is 5.76 Å². The van der Waals surface area contributed by atoms with Gasteiger partial charge >= 0.3 is 5.97 Å². The molecule has 3 rings (SSSR count). The Kier molecular flexibility index (Phi) is 3.46. The molecule has 0 aliphatic carbocycles. The number of benzene rings is 2. The molecule has 110 valence electrons. The van der Waals surface area contributed by atoms with E-state index < -0.39 is 17.1 Å². The molecule has 1 heterocycles. The van der Waals surface area contributed by atoms with E-state index in [4.69, 9.17) is 9.52 Å². The molecule has 0 aliphatic heterocycles. The van der Waals surface area contributed by atoms with Crippen LogP contribution in [0, 0.1) is 0 Å². The van der Waals surface area contributed by atoms with Crippen LogP contribution in [0.25, 0.3) is 22.3 Å². The Hall–Kier alpha value is -2.60. The molecule has 3 aromatic rings. The highest BCUT2D eigenvalue weighted by molar-refractivity contribution is 9.10. The molecule has 0 fully saturated rings. The zero-order chi connectivity index (χ0) is 15.9. The van der Waals surface area contributed by atoms with Crippen LogP contribution in [-0.4, -0.2) is 16.2 Å². The standard InChI is InChI=1S/C16H9BrO5/c17-10-4-1-8(2-5-10)15-14(19)13(18)11-7-9(16(20)21)3-6-12(11)22-15/h1-7,19H,(H,20,21). The largest absolute Gasteiger partial charge is 0.502 e. The predicted octanol–water partition coefficient (Wildman–Crippen LogP) is 3.63. The van der Waals surface area contributed by atoms with Crippen molar-refractivity contribution in [2.24, 2.45) is 0 Å². The summed E-state index contributed by atoms with van der Waals surface area (Å²) in [6.07, 6.45) is 0. The Bertz CT molecular complexity index is 941. The van der Waals surface area contributed by atoms with Crippen LogP contribution < -0.4 is 5.43 Å². The van der Waals surface area contributed by atoms with Crippen molar-refractivity contribution in [2.45, 2.75) is 0 Å². The second-order valence-electron chi connectivity index (χ2n) is 4.63. The lowest BCUT2D eigenvalue weighted by atomic mass is 10.1. The van der Waals surface area contributed by atoms with E-state index in [1.54, 1.807) is 24.3 Å². The van der Waals surface area contributed by atoms with Gasteiger partial charge < -0.3 is 14.6 Å². The lowest BCUT2D eigenvalue weighted by Crippen LogP contribution is -2.05. The highest BCUT2D eigenvalue weighted by Gasteiger charge is 2.16. The summed E-state index contributed by atoms with van der Waals surface area (Å²) in [5.74, 6) is -1.65. The highest BCUT2D eigenvalue weighted by Crippen LogP contribution is 2.30. The molecule has 22 heavy (non-hydrogen) atoms. The minimum Gasteiger partial charge on any atom is -0.502 e. The molecular weight excluding hydrogens is 352 g/mol. The molecule has 5 nitrogen and oxygen atoms in total. The monoisotopic (exact) mass is 360 g/mol. The first-order valence-corrected chi connectivity index (χ1v) is 7.06. The molecule has 1 aromatic heterocycles. The highest BCUT2D eigenvalue weighted by atomic mass is 79.9. The van der Waals surface area contributed by atoms with E-state index in [2.05, 4.69) is 15.9 Å². The SMILES string of the molecule is O=C(O)c1ccc2oc(-c3ccc(Br)cc3)c(O)c(=O)c2c1. The van der Waals surface area contributed by atoms with Crippen molar-refractivity contribution in [3.05, 3.63) is 62.7 Å². The van der Waals surface area contributed by atoms with Gasteiger partial charge in [0.2, 0.25) is 11.2 Å². The first-order valence-electron chi connectivity index (χ1n) is 6.26. The maximum Gasteiger partial charge on any atom is 0.335 e. The number of carboxylic acids is 1. The van der Waals surface area contributed by atoms with Gasteiger partial charge in [0, 0.05) is 10.0 Å². The van der Waals surface area contributed by atoms with E-state index in [-0.39, 0.29) is 22.3 Å². The lowest BCUT2D eigenvalue weighted by Gasteiger charge is -2.06. The summed E-state index contributed by atoms with van der Waals surface area (Å²) in [5, 5.41) is 19.1. The Labute approximate surface area is 132 Å². The topological polar surface area (TPSA) is 87.7 Å². The molecular formula is C16H9BrO5. The van der Waals surface area contributed by atoms with Crippen LogP contribution in [0.2, 0.25) is 0 Å². The van der Waals surface area contributed by atoms with E-state index >= 15 is 0 Å². The normalized spacial score (nSPS) is 10.8. The summed E-state index contributed by atoms with van der Waals surface area (Å²) in [6.45, 7) is 0. The number of carbonyl (C=O) groups is 1. The zero-order valence-electron chi connectivity index (χ0n) is 11.0. The molecule has 0 spiro atoms. The molecule has 0 saturated carbocycles. The van der Waals surface area contributed by atoms with Crippen molar-refractivity contribution in [3.8, 4) is 17.1 Å². The van der Waals surface area contributed by atoms with E-state index in [9.17, 15) is 14.7 Å². The minimum absolute atomic E-state index is 0.0262. The smallest absolute Gasteiger partial charge is 0.335 e. The Morgan fingerprint density at radius 2 is 1.77 bits per heavy atom. The molecule has 0 aliphatic rings. The zero-order valence-corrected chi connectivity index (χ0v) is 12.6. The van der Waals surface area contributed by atoms with Gasteiger partial charge in [-0.15, -0.1) is 0 Å². The fraction of sp³-hybridized carbons (Fsp3) is 0. The van der Waals surface area contributed by atoms with Gasteiger partial charge in [0.05, 0.1) is 10.9 Å². The van der Waals surface area contributed by atoms with Crippen molar-refractivity contribution < 1.29 is 19.4 Å². The maximum absolute atomic E-state index is 12.3. The van der Waals surface area contributed by atoms with Gasteiger partial charge in [0.25, 0.3) is 0 Å². The third-order valence-corrected chi connectivity index (χ3v) is 3.75. The predicted molar refractivity (Wildman–Crippen MR) is 84.2 cm³/mol. The summed E-state index contributed by atoms with van der Waals surface area (Å²) >= 11 is 3.30. The Morgan fingerprint density at radius 1 is 1.09 bits per heavy atom. The number of halogens is 1. The van der Waals surface area contributed by atoms with Gasteiger partial charge in [0.1, 0.15) is 5.58 Å². The van der Waals surface area contributed by atoms with Crippen LogP contribution in [0.15, 0.2) is 56.1 Å². The van der Waals surface area contributed by atoms with Crippen LogP contribution in [0.4, 0.5) is 0 Å². The number of hydrogen-bond donors (Lipinski definition) is 2. The third-order valence-electron chi connectivity index (χ3n) is 3.22. The summed E-state index contributed by atoms with van der Waals surface area (Å²) in [7, 11) is 0. The summed E-state index contributed by atoms with van der Waals surface area (Å²) < 4.78 is 6.43. The minimum atomic E-state index is -1.15. The average Bonchev–Trinajstić information content (AvgIpc) is 2.51. The Balaban J connectivity index is 2.28. The van der Waals surface area contributed by atoms with E-state index in [0.717, 1.165) is 4.47 Å². The second kappa shape index (κ2) is 5.31. The quantitative estimate of drug-likeness (QED) is 0.728. The number of hydrogen-bond acceptors (Lipinski definition) is 4. The van der Waals surface area contributed by atoms with Gasteiger partial charge in [-0.1, -0.05) is 15.9 Å². The van der Waals surface area contributed by atoms with Crippen molar-refractivity contribution >= 4 is 32.9 Å². The lowest BCUT2D eigenvalue weighted by molar-refractivity contribution is 0.0697. The first-order chi connectivity index (χ1) is 10.5. The fourth-order valence-electron chi connectivity index (χ4n) is 2.12. The molecule has 0 unspecified atom stereocenters. The van der Waals surface area contributed by atoms with E-state index in [0.29, 0.717) is 5.56 Å². The number of carboxylic acid groups (broad SMARTS) is 1. The molecule has 0 atom stereocenters. The molecule has 2 N–H and O–H groups in total. The van der Waals surface area contributed by atoms with Crippen molar-refractivity contribution in [3.63, 3.8) is 0 Å². The number of aromatic carboxylic acids is 1. The number of fused-ring (bicyclic) bond motifs is 1. The second-order valence-corrected chi connectivity index (χ2v) is 5.55. The van der Waals surface area contributed by atoms with Crippen LogP contribution in [-0.2, 0) is 0 Å². The summed E-state index contributed by atoms with van der Waals surface area (Å²) in [6, 6.07) is 10.8. The van der Waals surface area contributed by atoms with Crippen LogP contribution in [0.5, 0.6) is 5.75 Å². The number of aromatic hydroxyl groups is 1. The molecule has 0 bridgehead atoms. The van der Waals surface area contributed by atoms with E-state index in [1.165, 1.54) is 18.2 Å². The van der Waals surface area contributed by atoms with Crippen LogP contribution in [0.3, 0.4) is 0 Å². The van der Waals surface area contributed by atoms with Crippen molar-refractivity contribution in [1.29, 1.82) is 0 Å². The summed E-state index contributed by atoms with van der Waals surface area (Å²) in [4.78, 5) is 23.2. The van der Waals surface area contributed by atoms with Gasteiger partial charge in [-0.2, -0.15) is 0 Å². The molecule has 0 saturated heterocycles. The first kappa shape index (κ1) is 14.3. The third kappa shape index (κ3) is 2.37. The van der Waals surface area contributed by atoms with Crippen molar-refractivity contribution in [1.82, 2.24) is 0 Å². The van der Waals surface area contributed by atoms with Gasteiger partial charge in [-0.3, -0.25) is 4.79 Å².